The van der Waals surface area contributed by atoms with Crippen molar-refractivity contribution in [1.82, 2.24) is 4.90 Å². The summed E-state index contributed by atoms with van der Waals surface area (Å²) in [7, 11) is 0. The van der Waals surface area contributed by atoms with E-state index in [1.807, 2.05) is 30.9 Å². The first kappa shape index (κ1) is 14.2. The molecule has 22 heavy (non-hydrogen) atoms. The maximum absolute atomic E-state index is 13.0. The van der Waals surface area contributed by atoms with Crippen molar-refractivity contribution in [3.63, 3.8) is 0 Å². The highest BCUT2D eigenvalue weighted by Crippen LogP contribution is 2.53. The Labute approximate surface area is 130 Å². The van der Waals surface area contributed by atoms with Gasteiger partial charge >= 0.3 is 5.97 Å². The largest absolute Gasteiger partial charge is 0.463 e. The molecule has 5 heteroatoms. The van der Waals surface area contributed by atoms with Gasteiger partial charge in [0.15, 0.2) is 0 Å². The van der Waals surface area contributed by atoms with Gasteiger partial charge in [-0.3, -0.25) is 9.59 Å². The lowest BCUT2D eigenvalue weighted by Crippen LogP contribution is -2.41. The molecule has 1 saturated carbocycles. The zero-order valence-corrected chi connectivity index (χ0v) is 13.2. The molecule has 4 rings (SSSR count). The molecule has 1 amide bonds. The molecule has 2 bridgehead atoms. The third-order valence-corrected chi connectivity index (χ3v) is 5.52. The van der Waals surface area contributed by atoms with Crippen molar-refractivity contribution in [3.05, 3.63) is 12.2 Å². The second kappa shape index (κ2) is 4.82. The molecule has 0 N–H and O–H groups in total. The van der Waals surface area contributed by atoms with Crippen molar-refractivity contribution in [2.24, 2.45) is 11.8 Å². The second-order valence-electron chi connectivity index (χ2n) is 7.29. The Bertz CT molecular complexity index is 537. The van der Waals surface area contributed by atoms with E-state index in [1.165, 1.54) is 12.8 Å². The fourth-order valence-corrected chi connectivity index (χ4v) is 4.63. The van der Waals surface area contributed by atoms with Crippen LogP contribution in [0.5, 0.6) is 0 Å². The van der Waals surface area contributed by atoms with Crippen molar-refractivity contribution < 1.29 is 19.1 Å². The van der Waals surface area contributed by atoms with E-state index in [1.54, 1.807) is 0 Å². The summed E-state index contributed by atoms with van der Waals surface area (Å²) in [6.45, 7) is 4.26. The number of likely N-dealkylation sites (tertiary alicyclic amines) is 1. The van der Waals surface area contributed by atoms with Gasteiger partial charge in [-0.05, 0) is 26.7 Å². The van der Waals surface area contributed by atoms with E-state index >= 15 is 0 Å². The van der Waals surface area contributed by atoms with Crippen molar-refractivity contribution >= 4 is 11.9 Å². The summed E-state index contributed by atoms with van der Waals surface area (Å²) < 4.78 is 11.5. The van der Waals surface area contributed by atoms with Crippen molar-refractivity contribution in [1.29, 1.82) is 0 Å². The van der Waals surface area contributed by atoms with Gasteiger partial charge in [-0.2, -0.15) is 0 Å². The van der Waals surface area contributed by atoms with Crippen LogP contribution in [-0.4, -0.2) is 47.2 Å². The Morgan fingerprint density at radius 3 is 2.82 bits per heavy atom. The minimum Gasteiger partial charge on any atom is -0.463 e. The van der Waals surface area contributed by atoms with Crippen LogP contribution in [0.3, 0.4) is 0 Å². The van der Waals surface area contributed by atoms with E-state index < -0.39 is 17.4 Å². The van der Waals surface area contributed by atoms with Gasteiger partial charge in [0.05, 0.1) is 24.7 Å². The zero-order valence-electron chi connectivity index (χ0n) is 13.2. The number of hydrogen-bond donors (Lipinski definition) is 0. The van der Waals surface area contributed by atoms with Crippen molar-refractivity contribution in [2.75, 3.05) is 6.54 Å². The maximum Gasteiger partial charge on any atom is 0.313 e. The van der Waals surface area contributed by atoms with E-state index in [-0.39, 0.29) is 24.1 Å². The molecule has 1 aliphatic carbocycles. The van der Waals surface area contributed by atoms with Crippen LogP contribution in [0, 0.1) is 11.8 Å². The molecule has 0 aromatic carbocycles. The van der Waals surface area contributed by atoms with Crippen LogP contribution in [0.1, 0.15) is 39.5 Å². The number of rotatable bonds is 3. The first-order valence-electron chi connectivity index (χ1n) is 8.40. The smallest absolute Gasteiger partial charge is 0.313 e. The Morgan fingerprint density at radius 2 is 2.14 bits per heavy atom. The quantitative estimate of drug-likeness (QED) is 0.588. The molecule has 3 aliphatic heterocycles. The lowest BCUT2D eigenvalue weighted by Gasteiger charge is -2.27. The second-order valence-corrected chi connectivity index (χ2v) is 7.29. The lowest BCUT2D eigenvalue weighted by molar-refractivity contribution is -0.157. The SMILES string of the molecule is CC(C)OC(=O)[C@H]1[C@H]2C(=O)N(C3CCCC3)C[C@]23C=C[C@H]1O3. The van der Waals surface area contributed by atoms with E-state index in [0.29, 0.717) is 12.6 Å². The van der Waals surface area contributed by atoms with E-state index in [9.17, 15) is 9.59 Å². The minimum absolute atomic E-state index is 0.0875. The van der Waals surface area contributed by atoms with E-state index in [4.69, 9.17) is 9.47 Å². The number of hydrogen-bond acceptors (Lipinski definition) is 4. The van der Waals surface area contributed by atoms with Crippen LogP contribution in [0.15, 0.2) is 12.2 Å². The van der Waals surface area contributed by atoms with Crippen molar-refractivity contribution in [2.45, 2.75) is 63.4 Å². The standard InChI is InChI=1S/C17H23NO4/c1-10(2)21-16(20)13-12-7-8-17(22-12)9-18(15(19)14(13)17)11-5-3-4-6-11/h7-8,10-14H,3-6,9H2,1-2H3/t12-,13-,14+,17-/m1/s1. The molecule has 120 valence electrons. The Hall–Kier alpha value is -1.36. The summed E-state index contributed by atoms with van der Waals surface area (Å²) >= 11 is 0. The number of esters is 1. The molecule has 0 radical (unpaired) electrons. The van der Waals surface area contributed by atoms with Gasteiger partial charge in [0, 0.05) is 6.04 Å². The highest BCUT2D eigenvalue weighted by atomic mass is 16.6. The molecule has 0 aromatic heterocycles. The van der Waals surface area contributed by atoms with Crippen LogP contribution < -0.4 is 0 Å². The van der Waals surface area contributed by atoms with Gasteiger partial charge in [0.1, 0.15) is 11.5 Å². The average Bonchev–Trinajstić information content (AvgIpc) is 3.18. The predicted molar refractivity (Wildman–Crippen MR) is 78.9 cm³/mol. The number of ether oxygens (including phenoxy) is 2. The highest BCUT2D eigenvalue weighted by molar-refractivity contribution is 5.91. The summed E-state index contributed by atoms with van der Waals surface area (Å²) in [4.78, 5) is 27.4. The first-order chi connectivity index (χ1) is 10.5. The highest BCUT2D eigenvalue weighted by Gasteiger charge is 2.68. The number of fused-ring (bicyclic) bond motifs is 1. The molecule has 0 aromatic rings. The minimum atomic E-state index is -0.592. The van der Waals surface area contributed by atoms with Crippen molar-refractivity contribution in [3.8, 4) is 0 Å². The molecule has 3 fully saturated rings. The van der Waals surface area contributed by atoms with Crippen LogP contribution in [-0.2, 0) is 19.1 Å². The first-order valence-corrected chi connectivity index (χ1v) is 8.40. The molecular weight excluding hydrogens is 282 g/mol. The topological polar surface area (TPSA) is 55.8 Å². The monoisotopic (exact) mass is 305 g/mol. The maximum atomic E-state index is 13.0. The molecule has 3 heterocycles. The summed E-state index contributed by atoms with van der Waals surface area (Å²) in [5.74, 6) is -1.08. The number of nitrogens with zero attached hydrogens (tertiary/aromatic N) is 1. The zero-order chi connectivity index (χ0) is 15.5. The van der Waals surface area contributed by atoms with Crippen LogP contribution >= 0.6 is 0 Å². The van der Waals surface area contributed by atoms with Gasteiger partial charge in [-0.25, -0.2) is 0 Å². The normalized spacial score (nSPS) is 40.0. The summed E-state index contributed by atoms with van der Waals surface area (Å²) in [6.07, 6.45) is 7.99. The molecule has 2 saturated heterocycles. The number of amides is 1. The van der Waals surface area contributed by atoms with Gasteiger partial charge in [-0.15, -0.1) is 0 Å². The predicted octanol–water partition coefficient (Wildman–Crippen LogP) is 1.66. The molecule has 4 aliphatic rings. The fraction of sp³-hybridized carbons (Fsp3) is 0.765. The lowest BCUT2D eigenvalue weighted by atomic mass is 9.77. The average molecular weight is 305 g/mol. The van der Waals surface area contributed by atoms with E-state index in [2.05, 4.69) is 0 Å². The van der Waals surface area contributed by atoms with Gasteiger partial charge in [0.25, 0.3) is 0 Å². The Balaban J connectivity index is 1.61. The number of carbonyl (C=O) groups excluding carboxylic acids is 2. The molecule has 5 nitrogen and oxygen atoms in total. The molecule has 1 spiro atoms. The van der Waals surface area contributed by atoms with Gasteiger partial charge < -0.3 is 14.4 Å². The molecule has 0 unspecified atom stereocenters. The number of carbonyl (C=O) groups is 2. The Morgan fingerprint density at radius 1 is 1.41 bits per heavy atom. The summed E-state index contributed by atoms with van der Waals surface area (Å²) in [5, 5.41) is 0. The summed E-state index contributed by atoms with van der Waals surface area (Å²) in [6, 6.07) is 0.324. The van der Waals surface area contributed by atoms with Gasteiger partial charge in [0.2, 0.25) is 5.91 Å². The Kier molecular flexibility index (Phi) is 3.12. The van der Waals surface area contributed by atoms with E-state index in [0.717, 1.165) is 12.8 Å². The van der Waals surface area contributed by atoms with Crippen LogP contribution in [0.4, 0.5) is 0 Å². The summed E-state index contributed by atoms with van der Waals surface area (Å²) in [5.41, 5.74) is -0.592. The van der Waals surface area contributed by atoms with Crippen LogP contribution in [0.2, 0.25) is 0 Å². The third-order valence-electron chi connectivity index (χ3n) is 5.52. The van der Waals surface area contributed by atoms with Gasteiger partial charge in [-0.1, -0.05) is 25.0 Å². The molecular formula is C17H23NO4. The van der Waals surface area contributed by atoms with Crippen LogP contribution in [0.25, 0.3) is 0 Å². The fourth-order valence-electron chi connectivity index (χ4n) is 4.63. The third kappa shape index (κ3) is 1.87. The molecule has 4 atom stereocenters.